The van der Waals surface area contributed by atoms with E-state index in [1.165, 1.54) is 43.2 Å². The van der Waals surface area contributed by atoms with Crippen LogP contribution in [0.3, 0.4) is 0 Å². The summed E-state index contributed by atoms with van der Waals surface area (Å²) in [5.41, 5.74) is 8.68. The van der Waals surface area contributed by atoms with Crippen molar-refractivity contribution >= 4 is 0 Å². The Bertz CT molecular complexity index is 287. The minimum atomic E-state index is 0.336. The Kier molecular flexibility index (Phi) is 6.95. The van der Waals surface area contributed by atoms with Crippen molar-refractivity contribution in [3.8, 4) is 0 Å². The fourth-order valence-electron chi connectivity index (χ4n) is 2.08. The second kappa shape index (κ2) is 8.30. The molecule has 1 atom stereocenters. The number of hydrogen-bond donors (Lipinski definition) is 1. The summed E-state index contributed by atoms with van der Waals surface area (Å²) in [5, 5.41) is 0. The van der Waals surface area contributed by atoms with E-state index >= 15 is 0 Å². The first-order chi connectivity index (χ1) is 8.22. The van der Waals surface area contributed by atoms with Crippen molar-refractivity contribution in [2.75, 3.05) is 0 Å². The highest BCUT2D eigenvalue weighted by Gasteiger charge is 1.98. The van der Waals surface area contributed by atoms with E-state index in [-0.39, 0.29) is 0 Å². The lowest BCUT2D eigenvalue weighted by atomic mass is 10.0. The predicted molar refractivity (Wildman–Crippen MR) is 76.3 cm³/mol. The zero-order valence-electron chi connectivity index (χ0n) is 11.4. The maximum Gasteiger partial charge on any atom is 0.00105 e. The Morgan fingerprint density at radius 2 is 1.47 bits per heavy atom. The first-order valence-electron chi connectivity index (χ1n) is 7.05. The molecule has 0 radical (unpaired) electrons. The van der Waals surface area contributed by atoms with Crippen molar-refractivity contribution in [1.29, 1.82) is 0 Å². The van der Waals surface area contributed by atoms with Gasteiger partial charge < -0.3 is 5.73 Å². The van der Waals surface area contributed by atoms with Crippen molar-refractivity contribution in [1.82, 2.24) is 0 Å². The molecule has 96 valence electrons. The predicted octanol–water partition coefficient (Wildman–Crippen LogP) is 4.09. The SMILES string of the molecule is CCCCCc1ccc(CCCC(C)N)cc1. The molecule has 1 unspecified atom stereocenters. The summed E-state index contributed by atoms with van der Waals surface area (Å²) in [7, 11) is 0. The summed E-state index contributed by atoms with van der Waals surface area (Å²) >= 11 is 0. The van der Waals surface area contributed by atoms with E-state index in [0.717, 1.165) is 12.8 Å². The minimum Gasteiger partial charge on any atom is -0.328 e. The van der Waals surface area contributed by atoms with Gasteiger partial charge in [0.15, 0.2) is 0 Å². The number of aryl methyl sites for hydroxylation is 2. The molecule has 0 aliphatic carbocycles. The molecular formula is C16H27N. The quantitative estimate of drug-likeness (QED) is 0.672. The largest absolute Gasteiger partial charge is 0.328 e. The van der Waals surface area contributed by atoms with Gasteiger partial charge in [0.1, 0.15) is 0 Å². The van der Waals surface area contributed by atoms with Crippen LogP contribution in [0.2, 0.25) is 0 Å². The van der Waals surface area contributed by atoms with E-state index < -0.39 is 0 Å². The van der Waals surface area contributed by atoms with Gasteiger partial charge in [0.2, 0.25) is 0 Å². The van der Waals surface area contributed by atoms with Gasteiger partial charge in [-0.25, -0.2) is 0 Å². The summed E-state index contributed by atoms with van der Waals surface area (Å²) in [5.74, 6) is 0. The van der Waals surface area contributed by atoms with Crippen LogP contribution in [-0.4, -0.2) is 6.04 Å². The highest BCUT2D eigenvalue weighted by Crippen LogP contribution is 2.11. The normalized spacial score (nSPS) is 12.6. The molecule has 0 aromatic heterocycles. The molecule has 0 saturated carbocycles. The standard InChI is InChI=1S/C16H27N/c1-3-4-5-8-15-10-12-16(13-11-15)9-6-7-14(2)17/h10-14H,3-9,17H2,1-2H3. The third-order valence-corrected chi connectivity index (χ3v) is 3.22. The second-order valence-electron chi connectivity index (χ2n) is 5.14. The monoisotopic (exact) mass is 233 g/mol. The van der Waals surface area contributed by atoms with Crippen molar-refractivity contribution in [2.45, 2.75) is 64.8 Å². The molecule has 1 aromatic carbocycles. The topological polar surface area (TPSA) is 26.0 Å². The van der Waals surface area contributed by atoms with Gasteiger partial charge in [-0.05, 0) is 50.2 Å². The number of nitrogens with two attached hydrogens (primary N) is 1. The van der Waals surface area contributed by atoms with Gasteiger partial charge in [-0.2, -0.15) is 0 Å². The summed E-state index contributed by atoms with van der Waals surface area (Å²) in [6.07, 6.45) is 8.68. The Morgan fingerprint density at radius 3 is 1.94 bits per heavy atom. The fraction of sp³-hybridized carbons (Fsp3) is 0.625. The molecule has 1 heteroatoms. The summed E-state index contributed by atoms with van der Waals surface area (Å²) in [6, 6.07) is 9.47. The number of rotatable bonds is 8. The van der Waals surface area contributed by atoms with E-state index in [9.17, 15) is 0 Å². The van der Waals surface area contributed by atoms with Gasteiger partial charge in [-0.3, -0.25) is 0 Å². The zero-order valence-corrected chi connectivity index (χ0v) is 11.4. The van der Waals surface area contributed by atoms with Gasteiger partial charge in [-0.15, -0.1) is 0 Å². The molecular weight excluding hydrogens is 206 g/mol. The van der Waals surface area contributed by atoms with Gasteiger partial charge in [0.05, 0.1) is 0 Å². The van der Waals surface area contributed by atoms with E-state index in [1.807, 2.05) is 0 Å². The van der Waals surface area contributed by atoms with Gasteiger partial charge in [0.25, 0.3) is 0 Å². The molecule has 1 rings (SSSR count). The average molecular weight is 233 g/mol. The van der Waals surface area contributed by atoms with Crippen LogP contribution in [0.5, 0.6) is 0 Å². The van der Waals surface area contributed by atoms with E-state index in [4.69, 9.17) is 5.73 Å². The number of benzene rings is 1. The second-order valence-corrected chi connectivity index (χ2v) is 5.14. The van der Waals surface area contributed by atoms with Crippen LogP contribution in [0, 0.1) is 0 Å². The molecule has 0 bridgehead atoms. The lowest BCUT2D eigenvalue weighted by Gasteiger charge is -2.06. The summed E-state index contributed by atoms with van der Waals surface area (Å²) in [4.78, 5) is 0. The summed E-state index contributed by atoms with van der Waals surface area (Å²) in [6.45, 7) is 4.33. The fourth-order valence-corrected chi connectivity index (χ4v) is 2.08. The van der Waals surface area contributed by atoms with Crippen LogP contribution < -0.4 is 5.73 Å². The van der Waals surface area contributed by atoms with Crippen LogP contribution in [0.1, 0.15) is 57.1 Å². The van der Waals surface area contributed by atoms with Crippen molar-refractivity contribution in [3.63, 3.8) is 0 Å². The Morgan fingerprint density at radius 1 is 0.941 bits per heavy atom. The maximum atomic E-state index is 5.75. The van der Waals surface area contributed by atoms with Crippen LogP contribution >= 0.6 is 0 Å². The molecule has 2 N–H and O–H groups in total. The number of hydrogen-bond acceptors (Lipinski definition) is 1. The van der Waals surface area contributed by atoms with Crippen LogP contribution in [0.15, 0.2) is 24.3 Å². The molecule has 0 heterocycles. The smallest absolute Gasteiger partial charge is 0.00105 e. The first-order valence-corrected chi connectivity index (χ1v) is 7.05. The van der Waals surface area contributed by atoms with Crippen LogP contribution in [0.25, 0.3) is 0 Å². The number of unbranched alkanes of at least 4 members (excludes halogenated alkanes) is 2. The highest BCUT2D eigenvalue weighted by atomic mass is 14.6. The average Bonchev–Trinajstić information content (AvgIpc) is 2.31. The molecule has 0 aliphatic heterocycles. The lowest BCUT2D eigenvalue weighted by Crippen LogP contribution is -2.14. The molecule has 1 nitrogen and oxygen atoms in total. The lowest BCUT2D eigenvalue weighted by molar-refractivity contribution is 0.624. The van der Waals surface area contributed by atoms with Crippen molar-refractivity contribution in [3.05, 3.63) is 35.4 Å². The molecule has 0 aliphatic rings. The minimum absolute atomic E-state index is 0.336. The van der Waals surface area contributed by atoms with Crippen LogP contribution in [-0.2, 0) is 12.8 Å². The molecule has 1 aromatic rings. The summed E-state index contributed by atoms with van der Waals surface area (Å²) < 4.78 is 0. The highest BCUT2D eigenvalue weighted by molar-refractivity contribution is 5.22. The third kappa shape index (κ3) is 6.48. The molecule has 0 fully saturated rings. The molecule has 0 spiro atoms. The van der Waals surface area contributed by atoms with Gasteiger partial charge in [-0.1, -0.05) is 44.0 Å². The maximum absolute atomic E-state index is 5.75. The first kappa shape index (κ1) is 14.2. The van der Waals surface area contributed by atoms with E-state index in [0.29, 0.717) is 6.04 Å². The molecule has 17 heavy (non-hydrogen) atoms. The zero-order chi connectivity index (χ0) is 12.5. The third-order valence-electron chi connectivity index (χ3n) is 3.22. The van der Waals surface area contributed by atoms with Crippen molar-refractivity contribution in [2.24, 2.45) is 5.73 Å². The molecule has 0 amide bonds. The Balaban J connectivity index is 2.29. The van der Waals surface area contributed by atoms with Crippen LogP contribution in [0.4, 0.5) is 0 Å². The van der Waals surface area contributed by atoms with Crippen molar-refractivity contribution < 1.29 is 0 Å². The van der Waals surface area contributed by atoms with E-state index in [1.54, 1.807) is 0 Å². The van der Waals surface area contributed by atoms with Gasteiger partial charge >= 0.3 is 0 Å². The van der Waals surface area contributed by atoms with E-state index in [2.05, 4.69) is 38.1 Å². The Hall–Kier alpha value is -0.820. The Labute approximate surface area is 106 Å². The molecule has 0 saturated heterocycles. The van der Waals surface area contributed by atoms with Gasteiger partial charge in [0, 0.05) is 6.04 Å².